The van der Waals surface area contributed by atoms with Crippen molar-refractivity contribution < 1.29 is 9.59 Å². The van der Waals surface area contributed by atoms with Crippen LogP contribution in [0.5, 0.6) is 0 Å². The molecule has 1 unspecified atom stereocenters. The molecule has 1 fully saturated rings. The van der Waals surface area contributed by atoms with Crippen molar-refractivity contribution in [3.63, 3.8) is 0 Å². The molecule has 1 aromatic heterocycles. The van der Waals surface area contributed by atoms with Gasteiger partial charge in [-0.05, 0) is 30.2 Å². The highest BCUT2D eigenvalue weighted by Crippen LogP contribution is 2.29. The zero-order valence-corrected chi connectivity index (χ0v) is 14.5. The number of H-pyrrole nitrogens is 1. The molecule has 1 aliphatic heterocycles. The van der Waals surface area contributed by atoms with E-state index in [2.05, 4.69) is 22.2 Å². The number of anilines is 2. The van der Waals surface area contributed by atoms with Crippen molar-refractivity contribution in [3.8, 4) is 0 Å². The van der Waals surface area contributed by atoms with E-state index >= 15 is 0 Å². The van der Waals surface area contributed by atoms with Gasteiger partial charge in [0.25, 0.3) is 0 Å². The van der Waals surface area contributed by atoms with Crippen molar-refractivity contribution in [2.45, 2.75) is 19.8 Å². The molecule has 6 nitrogen and oxygen atoms in total. The predicted molar refractivity (Wildman–Crippen MR) is 101 cm³/mol. The van der Waals surface area contributed by atoms with Crippen LogP contribution in [0.4, 0.5) is 11.6 Å². The molecule has 1 atom stereocenters. The number of rotatable bonds is 4. The van der Waals surface area contributed by atoms with E-state index in [4.69, 9.17) is 0 Å². The number of carbonyl (C=O) groups excluding carboxylic acids is 2. The van der Waals surface area contributed by atoms with Crippen LogP contribution in [-0.4, -0.2) is 28.3 Å². The van der Waals surface area contributed by atoms with Gasteiger partial charge in [0.2, 0.25) is 17.8 Å². The fraction of sp³-hybridized carbons (Fsp3) is 0.250. The Labute approximate surface area is 151 Å². The molecule has 1 saturated heterocycles. The number of fused-ring (bicyclic) bond motifs is 1. The number of nitrogens with zero attached hydrogens (tertiary/aromatic N) is 2. The molecule has 0 aliphatic carbocycles. The maximum absolute atomic E-state index is 12.6. The summed E-state index contributed by atoms with van der Waals surface area (Å²) in [6.45, 7) is 2.45. The first-order valence-corrected chi connectivity index (χ1v) is 8.79. The van der Waals surface area contributed by atoms with Crippen LogP contribution in [0, 0.1) is 5.92 Å². The quantitative estimate of drug-likeness (QED) is 0.760. The van der Waals surface area contributed by atoms with Gasteiger partial charge in [-0.3, -0.25) is 14.9 Å². The largest absolute Gasteiger partial charge is 0.324 e. The molecule has 0 saturated carbocycles. The van der Waals surface area contributed by atoms with Crippen molar-refractivity contribution >= 4 is 34.5 Å². The Morgan fingerprint density at radius 1 is 1.23 bits per heavy atom. The number of amides is 2. The van der Waals surface area contributed by atoms with Gasteiger partial charge in [0.1, 0.15) is 0 Å². The zero-order valence-electron chi connectivity index (χ0n) is 14.5. The van der Waals surface area contributed by atoms with E-state index in [-0.39, 0.29) is 24.2 Å². The van der Waals surface area contributed by atoms with E-state index in [0.29, 0.717) is 12.5 Å². The summed E-state index contributed by atoms with van der Waals surface area (Å²) in [5, 5.41) is 2.81. The topological polar surface area (TPSA) is 78.1 Å². The van der Waals surface area contributed by atoms with E-state index in [1.807, 2.05) is 48.5 Å². The highest BCUT2D eigenvalue weighted by molar-refractivity contribution is 6.03. The molecule has 0 bridgehead atoms. The molecule has 2 amide bonds. The number of aryl methyl sites for hydroxylation is 1. The lowest BCUT2D eigenvalue weighted by Crippen LogP contribution is -2.29. The molecule has 1 aliphatic rings. The van der Waals surface area contributed by atoms with Crippen LogP contribution in [0.2, 0.25) is 0 Å². The van der Waals surface area contributed by atoms with Crippen LogP contribution in [0.25, 0.3) is 11.0 Å². The molecule has 4 rings (SSSR count). The van der Waals surface area contributed by atoms with Gasteiger partial charge in [-0.2, -0.15) is 0 Å². The number of aromatic amines is 1. The monoisotopic (exact) mass is 348 g/mol. The van der Waals surface area contributed by atoms with Crippen molar-refractivity contribution in [1.29, 1.82) is 0 Å². The molecule has 26 heavy (non-hydrogen) atoms. The number of para-hydroxylation sites is 3. The lowest BCUT2D eigenvalue weighted by atomic mass is 10.1. The Bertz CT molecular complexity index is 946. The predicted octanol–water partition coefficient (Wildman–Crippen LogP) is 3.12. The van der Waals surface area contributed by atoms with Gasteiger partial charge in [0.15, 0.2) is 0 Å². The molecule has 3 aromatic rings. The van der Waals surface area contributed by atoms with Crippen LogP contribution in [0.1, 0.15) is 18.9 Å². The minimum atomic E-state index is -0.388. The van der Waals surface area contributed by atoms with E-state index in [1.54, 1.807) is 4.90 Å². The second kappa shape index (κ2) is 6.63. The van der Waals surface area contributed by atoms with Crippen molar-refractivity contribution in [1.82, 2.24) is 9.97 Å². The lowest BCUT2D eigenvalue weighted by Gasteiger charge is -2.19. The minimum Gasteiger partial charge on any atom is -0.324 e. The summed E-state index contributed by atoms with van der Waals surface area (Å²) in [5.41, 5.74) is 3.67. The van der Waals surface area contributed by atoms with Gasteiger partial charge in [-0.25, -0.2) is 4.98 Å². The molecule has 6 heteroatoms. The number of benzene rings is 2. The normalized spacial score (nSPS) is 17.0. The summed E-state index contributed by atoms with van der Waals surface area (Å²) < 4.78 is 0. The summed E-state index contributed by atoms with van der Waals surface area (Å²) in [5.74, 6) is -0.179. The van der Waals surface area contributed by atoms with Crippen LogP contribution in [0.15, 0.2) is 48.5 Å². The first kappa shape index (κ1) is 16.3. The second-order valence-corrected chi connectivity index (χ2v) is 6.48. The number of imidazole rings is 1. The molecular weight excluding hydrogens is 328 g/mol. The SMILES string of the molecule is CCc1ccccc1N1CC(C(=O)Nc2nc3ccccc3[nH]2)CC1=O. The van der Waals surface area contributed by atoms with Gasteiger partial charge in [0, 0.05) is 18.7 Å². The average Bonchev–Trinajstić information content (AvgIpc) is 3.24. The summed E-state index contributed by atoms with van der Waals surface area (Å²) in [7, 11) is 0. The van der Waals surface area contributed by atoms with E-state index in [9.17, 15) is 9.59 Å². The maximum Gasteiger partial charge on any atom is 0.232 e. The van der Waals surface area contributed by atoms with Crippen LogP contribution in [-0.2, 0) is 16.0 Å². The molecule has 132 valence electrons. The summed E-state index contributed by atoms with van der Waals surface area (Å²) in [6, 6.07) is 15.4. The van der Waals surface area contributed by atoms with Crippen molar-refractivity contribution in [2.24, 2.45) is 5.92 Å². The van der Waals surface area contributed by atoms with Gasteiger partial charge < -0.3 is 9.88 Å². The maximum atomic E-state index is 12.6. The number of hydrogen-bond acceptors (Lipinski definition) is 3. The third-order valence-corrected chi connectivity index (χ3v) is 4.79. The summed E-state index contributed by atoms with van der Waals surface area (Å²) in [6.07, 6.45) is 1.06. The number of nitrogens with one attached hydrogen (secondary N) is 2. The van der Waals surface area contributed by atoms with Crippen LogP contribution < -0.4 is 10.2 Å². The number of carbonyl (C=O) groups is 2. The fourth-order valence-electron chi connectivity index (χ4n) is 3.42. The highest BCUT2D eigenvalue weighted by atomic mass is 16.2. The molecular formula is C20H20N4O2. The Morgan fingerprint density at radius 2 is 2.00 bits per heavy atom. The van der Waals surface area contributed by atoms with E-state index < -0.39 is 0 Å². The zero-order chi connectivity index (χ0) is 18.1. The van der Waals surface area contributed by atoms with Crippen molar-refractivity contribution in [2.75, 3.05) is 16.8 Å². The first-order valence-electron chi connectivity index (χ1n) is 8.79. The standard InChI is InChI=1S/C20H20N4O2/c1-2-13-7-3-6-10-17(13)24-12-14(11-18(24)25)19(26)23-20-21-15-8-4-5-9-16(15)22-20/h3-10,14H,2,11-12H2,1H3,(H2,21,22,23,26). The minimum absolute atomic E-state index is 0.0179. The second-order valence-electron chi connectivity index (χ2n) is 6.48. The molecule has 2 aromatic carbocycles. The van der Waals surface area contributed by atoms with E-state index in [1.165, 1.54) is 0 Å². The Balaban J connectivity index is 1.50. The Hall–Kier alpha value is -3.15. The third-order valence-electron chi connectivity index (χ3n) is 4.79. The molecule has 2 N–H and O–H groups in total. The first-order chi connectivity index (χ1) is 12.7. The molecule has 0 radical (unpaired) electrons. The Kier molecular flexibility index (Phi) is 4.16. The molecule has 0 spiro atoms. The average molecular weight is 348 g/mol. The fourth-order valence-corrected chi connectivity index (χ4v) is 3.42. The number of hydrogen-bond donors (Lipinski definition) is 2. The highest BCUT2D eigenvalue weighted by Gasteiger charge is 2.36. The third kappa shape index (κ3) is 2.94. The lowest BCUT2D eigenvalue weighted by molar-refractivity contribution is -0.122. The summed E-state index contributed by atoms with van der Waals surface area (Å²) in [4.78, 5) is 34.3. The van der Waals surface area contributed by atoms with Gasteiger partial charge in [0.05, 0.1) is 17.0 Å². The van der Waals surface area contributed by atoms with Gasteiger partial charge >= 0.3 is 0 Å². The van der Waals surface area contributed by atoms with Crippen LogP contribution >= 0.6 is 0 Å². The summed E-state index contributed by atoms with van der Waals surface area (Å²) >= 11 is 0. The Morgan fingerprint density at radius 3 is 2.81 bits per heavy atom. The van der Waals surface area contributed by atoms with Crippen molar-refractivity contribution in [3.05, 3.63) is 54.1 Å². The number of aromatic nitrogens is 2. The molecule has 2 heterocycles. The van der Waals surface area contributed by atoms with Crippen LogP contribution in [0.3, 0.4) is 0 Å². The van der Waals surface area contributed by atoms with Gasteiger partial charge in [-0.15, -0.1) is 0 Å². The van der Waals surface area contributed by atoms with E-state index in [0.717, 1.165) is 28.7 Å². The van der Waals surface area contributed by atoms with Gasteiger partial charge in [-0.1, -0.05) is 37.3 Å². The smallest absolute Gasteiger partial charge is 0.232 e.